The maximum Gasteiger partial charge on any atom is 0.251 e. The molecule has 1 fully saturated rings. The molecule has 0 aromatic carbocycles. The van der Waals surface area contributed by atoms with Gasteiger partial charge >= 0.3 is 0 Å². The van der Waals surface area contributed by atoms with Crippen LogP contribution in [0.25, 0.3) is 11.3 Å². The van der Waals surface area contributed by atoms with E-state index in [1.165, 1.54) is 0 Å². The number of carbonyl (C=O) groups excluding carboxylic acids is 1. The van der Waals surface area contributed by atoms with Gasteiger partial charge in [-0.15, -0.1) is 0 Å². The summed E-state index contributed by atoms with van der Waals surface area (Å²) in [6.07, 6.45) is 1.87. The number of hydrogen-bond donors (Lipinski definition) is 0. The zero-order valence-corrected chi connectivity index (χ0v) is 15.5. The minimum Gasteiger partial charge on any atom is -0.342 e. The Morgan fingerprint density at radius 2 is 2.00 bits per heavy atom. The van der Waals surface area contributed by atoms with E-state index in [4.69, 9.17) is 0 Å². The average Bonchev–Trinajstić information content (AvgIpc) is 2.61. The maximum absolute atomic E-state index is 12.8. The molecule has 0 saturated carbocycles. The number of carbonyl (C=O) groups is 1. The van der Waals surface area contributed by atoms with Gasteiger partial charge in [0.2, 0.25) is 5.91 Å². The quantitative estimate of drug-likeness (QED) is 0.830. The maximum atomic E-state index is 12.8. The van der Waals surface area contributed by atoms with E-state index in [-0.39, 0.29) is 17.4 Å². The SMILES string of the molecule is CCc1cc(-c2cc3n(c(=O)c2)C[C@H]2C[C@@H]3CN(C(C)=O)C2)nc(C)n1. The van der Waals surface area contributed by atoms with Crippen molar-refractivity contribution < 1.29 is 4.79 Å². The van der Waals surface area contributed by atoms with Gasteiger partial charge in [0, 0.05) is 55.5 Å². The van der Waals surface area contributed by atoms with Gasteiger partial charge in [0.15, 0.2) is 0 Å². The molecule has 2 atom stereocenters. The predicted molar refractivity (Wildman–Crippen MR) is 98.9 cm³/mol. The molecule has 4 rings (SSSR count). The van der Waals surface area contributed by atoms with Crippen LogP contribution in [0.3, 0.4) is 0 Å². The summed E-state index contributed by atoms with van der Waals surface area (Å²) >= 11 is 0. The predicted octanol–water partition coefficient (Wildman–Crippen LogP) is 2.14. The molecule has 0 radical (unpaired) electrons. The van der Waals surface area contributed by atoms with Crippen LogP contribution in [-0.2, 0) is 17.8 Å². The number of fused-ring (bicyclic) bond motifs is 4. The van der Waals surface area contributed by atoms with Crippen LogP contribution in [0.5, 0.6) is 0 Å². The number of pyridine rings is 1. The topological polar surface area (TPSA) is 68.1 Å². The van der Waals surface area contributed by atoms with Gasteiger partial charge in [0.1, 0.15) is 5.82 Å². The highest BCUT2D eigenvalue weighted by Gasteiger charge is 2.35. The first-order valence-corrected chi connectivity index (χ1v) is 9.29. The normalized spacial score (nSPS) is 21.4. The summed E-state index contributed by atoms with van der Waals surface area (Å²) in [7, 11) is 0. The fourth-order valence-electron chi connectivity index (χ4n) is 4.32. The van der Waals surface area contributed by atoms with E-state index in [0.29, 0.717) is 19.0 Å². The molecule has 6 heteroatoms. The van der Waals surface area contributed by atoms with Gasteiger partial charge in [-0.1, -0.05) is 6.92 Å². The van der Waals surface area contributed by atoms with E-state index in [1.807, 2.05) is 22.5 Å². The molecule has 0 unspecified atom stereocenters. The lowest BCUT2D eigenvalue weighted by Gasteiger charge is -2.42. The van der Waals surface area contributed by atoms with E-state index >= 15 is 0 Å². The Bertz CT molecular complexity index is 934. The standard InChI is InChI=1S/C20H24N4O2/c1-4-17-8-18(22-12(2)21-17)15-6-19-16-5-14(9-23(11-16)13(3)25)10-24(19)20(26)7-15/h6-8,14,16H,4-5,9-11H2,1-3H3/t14-,16+/m0/s1. The molecule has 1 amide bonds. The molecule has 2 aliphatic heterocycles. The van der Waals surface area contributed by atoms with E-state index < -0.39 is 0 Å². The van der Waals surface area contributed by atoms with E-state index in [9.17, 15) is 9.59 Å². The number of amides is 1. The summed E-state index contributed by atoms with van der Waals surface area (Å²) in [5.74, 6) is 1.41. The first kappa shape index (κ1) is 16.9. The van der Waals surface area contributed by atoms with Crippen molar-refractivity contribution >= 4 is 5.91 Å². The van der Waals surface area contributed by atoms with Crippen LogP contribution in [0.15, 0.2) is 23.0 Å². The zero-order chi connectivity index (χ0) is 18.4. The Morgan fingerprint density at radius 1 is 1.19 bits per heavy atom. The Kier molecular flexibility index (Phi) is 4.13. The van der Waals surface area contributed by atoms with Gasteiger partial charge in [-0.2, -0.15) is 0 Å². The molecular weight excluding hydrogens is 328 g/mol. The fraction of sp³-hybridized carbons (Fsp3) is 0.500. The molecule has 2 aliphatic rings. The number of likely N-dealkylation sites (tertiary alicyclic amines) is 1. The van der Waals surface area contributed by atoms with Crippen LogP contribution in [0.4, 0.5) is 0 Å². The fourth-order valence-corrected chi connectivity index (χ4v) is 4.32. The highest BCUT2D eigenvalue weighted by atomic mass is 16.2. The van der Waals surface area contributed by atoms with Crippen molar-refractivity contribution in [2.75, 3.05) is 13.1 Å². The van der Waals surface area contributed by atoms with Crippen LogP contribution in [-0.4, -0.2) is 38.4 Å². The summed E-state index contributed by atoms with van der Waals surface area (Å²) in [6.45, 7) is 7.70. The lowest BCUT2D eigenvalue weighted by molar-refractivity contribution is -0.131. The first-order chi connectivity index (χ1) is 12.4. The third-order valence-corrected chi connectivity index (χ3v) is 5.55. The molecular formula is C20H24N4O2. The number of hydrogen-bond acceptors (Lipinski definition) is 4. The third kappa shape index (κ3) is 2.93. The van der Waals surface area contributed by atoms with Gasteiger partial charge < -0.3 is 9.47 Å². The first-order valence-electron chi connectivity index (χ1n) is 9.29. The van der Waals surface area contributed by atoms with Crippen LogP contribution >= 0.6 is 0 Å². The molecule has 0 aliphatic carbocycles. The van der Waals surface area contributed by atoms with E-state index in [0.717, 1.165) is 47.9 Å². The molecule has 26 heavy (non-hydrogen) atoms. The van der Waals surface area contributed by atoms with Gasteiger partial charge in [0.05, 0.1) is 5.69 Å². The zero-order valence-electron chi connectivity index (χ0n) is 15.5. The highest BCUT2D eigenvalue weighted by Crippen LogP contribution is 2.36. The molecule has 4 heterocycles. The number of nitrogens with zero attached hydrogens (tertiary/aromatic N) is 4. The van der Waals surface area contributed by atoms with Crippen molar-refractivity contribution in [2.24, 2.45) is 5.92 Å². The van der Waals surface area contributed by atoms with Crippen LogP contribution < -0.4 is 5.56 Å². The number of aromatic nitrogens is 3. The Morgan fingerprint density at radius 3 is 2.73 bits per heavy atom. The van der Waals surface area contributed by atoms with Crippen LogP contribution in [0.2, 0.25) is 0 Å². The summed E-state index contributed by atoms with van der Waals surface area (Å²) < 4.78 is 1.90. The van der Waals surface area contributed by atoms with Gasteiger partial charge in [0.25, 0.3) is 5.56 Å². The summed E-state index contributed by atoms with van der Waals surface area (Å²) in [6, 6.07) is 5.74. The van der Waals surface area contributed by atoms with Crippen molar-refractivity contribution in [3.63, 3.8) is 0 Å². The lowest BCUT2D eigenvalue weighted by atomic mass is 9.82. The minimum atomic E-state index is 0.0257. The summed E-state index contributed by atoms with van der Waals surface area (Å²) in [4.78, 5) is 35.5. The second-order valence-electron chi connectivity index (χ2n) is 7.49. The monoisotopic (exact) mass is 352 g/mol. The van der Waals surface area contributed by atoms with Crippen molar-refractivity contribution in [1.29, 1.82) is 0 Å². The molecule has 2 bridgehead atoms. The van der Waals surface area contributed by atoms with Crippen molar-refractivity contribution in [3.8, 4) is 11.3 Å². The van der Waals surface area contributed by atoms with Crippen molar-refractivity contribution in [1.82, 2.24) is 19.4 Å². The second-order valence-corrected chi connectivity index (χ2v) is 7.49. The smallest absolute Gasteiger partial charge is 0.251 e. The van der Waals surface area contributed by atoms with Gasteiger partial charge in [-0.05, 0) is 37.8 Å². The number of piperidine rings is 1. The second kappa shape index (κ2) is 6.34. The Hall–Kier alpha value is -2.50. The molecule has 0 spiro atoms. The summed E-state index contributed by atoms with van der Waals surface area (Å²) in [5, 5.41) is 0. The lowest BCUT2D eigenvalue weighted by Crippen LogP contribution is -2.48. The van der Waals surface area contributed by atoms with Crippen molar-refractivity contribution in [3.05, 3.63) is 45.8 Å². The number of aryl methyl sites for hydroxylation is 2. The summed E-state index contributed by atoms with van der Waals surface area (Å²) in [5.41, 5.74) is 3.68. The Labute approximate surface area is 152 Å². The molecule has 1 saturated heterocycles. The largest absolute Gasteiger partial charge is 0.342 e. The van der Waals surface area contributed by atoms with E-state index in [1.54, 1.807) is 13.0 Å². The molecule has 6 nitrogen and oxygen atoms in total. The highest BCUT2D eigenvalue weighted by molar-refractivity contribution is 5.73. The van der Waals surface area contributed by atoms with Crippen LogP contribution in [0.1, 0.15) is 43.4 Å². The van der Waals surface area contributed by atoms with Crippen molar-refractivity contribution in [2.45, 2.75) is 46.1 Å². The minimum absolute atomic E-state index is 0.0257. The van der Waals surface area contributed by atoms with Crippen LogP contribution in [0, 0.1) is 12.8 Å². The molecule has 2 aromatic heterocycles. The third-order valence-electron chi connectivity index (χ3n) is 5.55. The van der Waals surface area contributed by atoms with E-state index in [2.05, 4.69) is 23.0 Å². The molecule has 0 N–H and O–H groups in total. The molecule has 2 aromatic rings. The van der Waals surface area contributed by atoms with Gasteiger partial charge in [-0.3, -0.25) is 9.59 Å². The Balaban J connectivity index is 1.79. The molecule has 136 valence electrons. The average molecular weight is 352 g/mol. The number of rotatable bonds is 2. The van der Waals surface area contributed by atoms with Gasteiger partial charge in [-0.25, -0.2) is 9.97 Å².